The second-order valence-electron chi connectivity index (χ2n) is 6.65. The minimum Gasteiger partial charge on any atom is -0.367 e. The van der Waals surface area contributed by atoms with Crippen molar-refractivity contribution < 1.29 is 0 Å². The first kappa shape index (κ1) is 14.8. The number of nitrogens with one attached hydrogen (secondary N) is 1. The van der Waals surface area contributed by atoms with Crippen molar-refractivity contribution in [1.82, 2.24) is 9.88 Å². The number of nitrogens with zero attached hydrogens (tertiary/aromatic N) is 2. The van der Waals surface area contributed by atoms with Crippen molar-refractivity contribution in [2.45, 2.75) is 70.4 Å². The molecule has 2 heterocycles. The van der Waals surface area contributed by atoms with Gasteiger partial charge in [0.1, 0.15) is 5.82 Å². The Morgan fingerprint density at radius 3 is 2.67 bits per heavy atom. The standard InChI is InChI=1S/C18H29N3/c1-2-12-21-13-6-5-9-17(21)15-10-11-18(19-14-15)20-16-7-3-4-8-16/h10-11,14,16-17H,2-9,12-13H2,1H3,(H,19,20)/t17-/m0/s1. The van der Waals surface area contributed by atoms with Crippen LogP contribution in [0.3, 0.4) is 0 Å². The molecule has 0 aromatic carbocycles. The predicted molar refractivity (Wildman–Crippen MR) is 88.6 cm³/mol. The number of hydrogen-bond donors (Lipinski definition) is 1. The van der Waals surface area contributed by atoms with E-state index in [1.807, 2.05) is 0 Å². The van der Waals surface area contributed by atoms with Gasteiger partial charge in [-0.25, -0.2) is 4.98 Å². The number of likely N-dealkylation sites (tertiary alicyclic amines) is 1. The van der Waals surface area contributed by atoms with Crippen molar-refractivity contribution >= 4 is 5.82 Å². The topological polar surface area (TPSA) is 28.2 Å². The number of anilines is 1. The molecule has 3 nitrogen and oxygen atoms in total. The first-order chi connectivity index (χ1) is 10.4. The Hall–Kier alpha value is -1.09. The smallest absolute Gasteiger partial charge is 0.126 e. The van der Waals surface area contributed by atoms with E-state index in [9.17, 15) is 0 Å². The molecule has 1 N–H and O–H groups in total. The Kier molecular flexibility index (Phi) is 5.13. The van der Waals surface area contributed by atoms with Crippen molar-refractivity contribution in [2.75, 3.05) is 18.4 Å². The van der Waals surface area contributed by atoms with E-state index in [1.165, 1.54) is 70.0 Å². The van der Waals surface area contributed by atoms with Crippen LogP contribution in [0.2, 0.25) is 0 Å². The molecule has 21 heavy (non-hydrogen) atoms. The van der Waals surface area contributed by atoms with E-state index < -0.39 is 0 Å². The fourth-order valence-corrected chi connectivity index (χ4v) is 3.89. The van der Waals surface area contributed by atoms with Gasteiger partial charge in [0.2, 0.25) is 0 Å². The molecular formula is C18H29N3. The number of pyridine rings is 1. The molecule has 0 radical (unpaired) electrons. The van der Waals surface area contributed by atoms with Crippen LogP contribution in [0.4, 0.5) is 5.82 Å². The molecule has 1 saturated heterocycles. The molecule has 0 amide bonds. The number of rotatable bonds is 5. The van der Waals surface area contributed by atoms with Crippen molar-refractivity contribution in [1.29, 1.82) is 0 Å². The highest BCUT2D eigenvalue weighted by Gasteiger charge is 2.23. The molecule has 116 valence electrons. The highest BCUT2D eigenvalue weighted by Crippen LogP contribution is 2.31. The zero-order valence-corrected chi connectivity index (χ0v) is 13.4. The molecule has 1 aromatic rings. The molecule has 3 rings (SSSR count). The maximum Gasteiger partial charge on any atom is 0.126 e. The van der Waals surface area contributed by atoms with Crippen LogP contribution < -0.4 is 5.32 Å². The van der Waals surface area contributed by atoms with E-state index >= 15 is 0 Å². The third-order valence-corrected chi connectivity index (χ3v) is 5.00. The molecule has 0 bridgehead atoms. The fraction of sp³-hybridized carbons (Fsp3) is 0.722. The average Bonchev–Trinajstić information content (AvgIpc) is 3.02. The minimum absolute atomic E-state index is 0.590. The van der Waals surface area contributed by atoms with Gasteiger partial charge in [-0.3, -0.25) is 4.90 Å². The second kappa shape index (κ2) is 7.26. The highest BCUT2D eigenvalue weighted by molar-refractivity contribution is 5.37. The van der Waals surface area contributed by atoms with Crippen LogP contribution in [-0.2, 0) is 0 Å². The van der Waals surface area contributed by atoms with Gasteiger partial charge in [-0.1, -0.05) is 32.3 Å². The number of piperidine rings is 1. The zero-order chi connectivity index (χ0) is 14.5. The van der Waals surface area contributed by atoms with Crippen molar-refractivity contribution in [2.24, 2.45) is 0 Å². The van der Waals surface area contributed by atoms with Gasteiger partial charge in [0.25, 0.3) is 0 Å². The van der Waals surface area contributed by atoms with Crippen LogP contribution in [0, 0.1) is 0 Å². The van der Waals surface area contributed by atoms with Crippen LogP contribution in [0.5, 0.6) is 0 Å². The summed E-state index contributed by atoms with van der Waals surface area (Å²) in [6, 6.07) is 5.72. The van der Waals surface area contributed by atoms with Crippen LogP contribution in [0.15, 0.2) is 18.3 Å². The van der Waals surface area contributed by atoms with Gasteiger partial charge in [-0.15, -0.1) is 0 Å². The molecule has 1 saturated carbocycles. The van der Waals surface area contributed by atoms with E-state index in [0.29, 0.717) is 12.1 Å². The molecule has 1 aliphatic carbocycles. The molecule has 1 aliphatic heterocycles. The predicted octanol–water partition coefficient (Wildman–Crippen LogP) is 4.37. The van der Waals surface area contributed by atoms with Gasteiger partial charge in [-0.05, 0) is 56.8 Å². The van der Waals surface area contributed by atoms with Gasteiger partial charge < -0.3 is 5.32 Å². The molecule has 0 unspecified atom stereocenters. The van der Waals surface area contributed by atoms with Crippen molar-refractivity contribution in [3.63, 3.8) is 0 Å². The largest absolute Gasteiger partial charge is 0.367 e. The summed E-state index contributed by atoms with van der Waals surface area (Å²) in [5.41, 5.74) is 1.40. The average molecular weight is 287 g/mol. The Bertz CT molecular complexity index is 421. The summed E-state index contributed by atoms with van der Waals surface area (Å²) in [6.45, 7) is 4.74. The molecule has 3 heteroatoms. The van der Waals surface area contributed by atoms with Gasteiger partial charge >= 0.3 is 0 Å². The van der Waals surface area contributed by atoms with Gasteiger partial charge in [0.15, 0.2) is 0 Å². The van der Waals surface area contributed by atoms with E-state index in [2.05, 4.69) is 40.5 Å². The Morgan fingerprint density at radius 2 is 1.95 bits per heavy atom. The summed E-state index contributed by atoms with van der Waals surface area (Å²) in [5.74, 6) is 1.06. The Labute approximate surface area is 129 Å². The van der Waals surface area contributed by atoms with Gasteiger partial charge in [0.05, 0.1) is 0 Å². The summed E-state index contributed by atoms with van der Waals surface area (Å²) >= 11 is 0. The molecule has 1 atom stereocenters. The lowest BCUT2D eigenvalue weighted by atomic mass is 9.96. The summed E-state index contributed by atoms with van der Waals surface area (Å²) in [4.78, 5) is 7.32. The lowest BCUT2D eigenvalue weighted by Crippen LogP contribution is -2.34. The van der Waals surface area contributed by atoms with E-state index in [-0.39, 0.29) is 0 Å². The van der Waals surface area contributed by atoms with Crippen LogP contribution in [0.1, 0.15) is 69.9 Å². The maximum absolute atomic E-state index is 4.67. The third-order valence-electron chi connectivity index (χ3n) is 5.00. The maximum atomic E-state index is 4.67. The van der Waals surface area contributed by atoms with Crippen molar-refractivity contribution in [3.05, 3.63) is 23.9 Å². The summed E-state index contributed by atoms with van der Waals surface area (Å²) in [7, 11) is 0. The molecule has 0 spiro atoms. The Morgan fingerprint density at radius 1 is 1.14 bits per heavy atom. The molecule has 2 aliphatic rings. The summed E-state index contributed by atoms with van der Waals surface area (Å²) in [5, 5.41) is 3.58. The third kappa shape index (κ3) is 3.76. The molecule has 1 aromatic heterocycles. The van der Waals surface area contributed by atoms with Crippen LogP contribution >= 0.6 is 0 Å². The van der Waals surface area contributed by atoms with Gasteiger partial charge in [-0.2, -0.15) is 0 Å². The first-order valence-electron chi connectivity index (χ1n) is 8.83. The Balaban J connectivity index is 1.64. The zero-order valence-electron chi connectivity index (χ0n) is 13.4. The second-order valence-corrected chi connectivity index (χ2v) is 6.65. The highest BCUT2D eigenvalue weighted by atomic mass is 15.2. The van der Waals surface area contributed by atoms with E-state index in [0.717, 1.165) is 5.82 Å². The molecule has 2 fully saturated rings. The first-order valence-corrected chi connectivity index (χ1v) is 8.83. The van der Waals surface area contributed by atoms with E-state index in [4.69, 9.17) is 0 Å². The monoisotopic (exact) mass is 287 g/mol. The van der Waals surface area contributed by atoms with E-state index in [1.54, 1.807) is 0 Å². The lowest BCUT2D eigenvalue weighted by Gasteiger charge is -2.35. The van der Waals surface area contributed by atoms with Crippen molar-refractivity contribution in [3.8, 4) is 0 Å². The quantitative estimate of drug-likeness (QED) is 0.871. The van der Waals surface area contributed by atoms with Crippen LogP contribution in [0.25, 0.3) is 0 Å². The number of aromatic nitrogens is 1. The minimum atomic E-state index is 0.590. The summed E-state index contributed by atoms with van der Waals surface area (Å²) in [6.07, 6.45) is 12.7. The molecular weight excluding hydrogens is 258 g/mol. The number of hydrogen-bond acceptors (Lipinski definition) is 3. The summed E-state index contributed by atoms with van der Waals surface area (Å²) < 4.78 is 0. The normalized spacial score (nSPS) is 24.3. The van der Waals surface area contributed by atoms with Crippen LogP contribution in [-0.4, -0.2) is 29.0 Å². The van der Waals surface area contributed by atoms with Gasteiger partial charge in [0, 0.05) is 18.3 Å². The lowest BCUT2D eigenvalue weighted by molar-refractivity contribution is 0.149. The SMILES string of the molecule is CCCN1CCCC[C@H]1c1ccc(NC2CCCC2)nc1. The fourth-order valence-electron chi connectivity index (χ4n) is 3.89.